The molecule has 4 bridgehead atoms. The van der Waals surface area contributed by atoms with Crippen molar-refractivity contribution in [2.75, 3.05) is 12.2 Å². The molecule has 0 N–H and O–H groups in total. The van der Waals surface area contributed by atoms with Crippen LogP contribution in [0.3, 0.4) is 0 Å². The summed E-state index contributed by atoms with van der Waals surface area (Å²) in [6.07, 6.45) is 8.92. The Hall–Kier alpha value is 0.0649. The topological polar surface area (TPSA) is 0 Å². The van der Waals surface area contributed by atoms with Gasteiger partial charge in [0.05, 0.1) is 5.49 Å². The molecule has 111 valence electrons. The summed E-state index contributed by atoms with van der Waals surface area (Å²) in [7, 11) is 5.71. The second-order valence-electron chi connectivity index (χ2n) is 8.00. The van der Waals surface area contributed by atoms with E-state index in [4.69, 9.17) is 7.57 Å². The first-order valence-electron chi connectivity index (χ1n) is 8.38. The Bertz CT molecular complexity index is 478. The van der Waals surface area contributed by atoms with Gasteiger partial charge in [-0.2, -0.15) is 0 Å². The molecule has 1 unspecified atom stereocenters. The van der Waals surface area contributed by atoms with Crippen molar-refractivity contribution in [3.63, 3.8) is 0 Å². The highest BCUT2D eigenvalue weighted by Gasteiger charge is 2.56. The normalized spacial score (nSPS) is 40.2. The second kappa shape index (κ2) is 5.31. The van der Waals surface area contributed by atoms with E-state index < -0.39 is 7.14 Å². The number of rotatable bonds is 4. The van der Waals surface area contributed by atoms with Gasteiger partial charge in [-0.15, -0.1) is 0 Å². The van der Waals surface area contributed by atoms with E-state index in [0.29, 0.717) is 5.16 Å². The summed E-state index contributed by atoms with van der Waals surface area (Å²) >= 11 is 2.00. The lowest BCUT2D eigenvalue weighted by atomic mass is 9.56. The summed E-state index contributed by atoms with van der Waals surface area (Å²) in [5.74, 6) is 3.04. The average molecular weight is 315 g/mol. The summed E-state index contributed by atoms with van der Waals surface area (Å²) < 4.78 is 0. The molecule has 1 atom stereocenters. The molecular weight excluding hydrogens is 290 g/mol. The summed E-state index contributed by atoms with van der Waals surface area (Å²) in [6, 6.07) is 10.8. The highest BCUT2D eigenvalue weighted by Crippen LogP contribution is 2.76. The Morgan fingerprint density at radius 3 is 2.10 bits per heavy atom. The van der Waals surface area contributed by atoms with Crippen molar-refractivity contribution in [1.82, 2.24) is 0 Å². The number of benzene rings is 1. The Morgan fingerprint density at radius 2 is 1.57 bits per heavy atom. The molecule has 0 nitrogen and oxygen atoms in total. The molecule has 0 aliphatic heterocycles. The van der Waals surface area contributed by atoms with E-state index in [1.165, 1.54) is 48.9 Å². The predicted octanol–water partition coefficient (Wildman–Crippen LogP) is 5.44. The maximum absolute atomic E-state index is 7.05. The van der Waals surface area contributed by atoms with Crippen molar-refractivity contribution in [3.8, 4) is 0 Å². The van der Waals surface area contributed by atoms with Gasteiger partial charge in [0.1, 0.15) is 0 Å². The Balaban J connectivity index is 1.51. The Labute approximate surface area is 135 Å². The average Bonchev–Trinajstić information content (AvgIpc) is 2.45. The maximum Gasteiger partial charge on any atom is 0.0614 e. The number of hydrogen-bond donors (Lipinski definition) is 0. The third-order valence-corrected chi connectivity index (χ3v) is 12.3. The highest BCUT2D eigenvalue weighted by molar-refractivity contribution is 8.13. The molecule has 4 fully saturated rings. The van der Waals surface area contributed by atoms with E-state index in [1.54, 1.807) is 0 Å². The van der Waals surface area contributed by atoms with Crippen LogP contribution in [0.4, 0.5) is 0 Å². The van der Waals surface area contributed by atoms with Crippen molar-refractivity contribution in [3.05, 3.63) is 30.3 Å². The Kier molecular flexibility index (Phi) is 3.70. The third-order valence-electron chi connectivity index (χ3n) is 6.33. The third kappa shape index (κ3) is 2.61. The van der Waals surface area contributed by atoms with Gasteiger partial charge in [-0.05, 0) is 68.4 Å². The van der Waals surface area contributed by atoms with E-state index in [0.717, 1.165) is 17.8 Å². The van der Waals surface area contributed by atoms with Gasteiger partial charge in [-0.25, -0.2) is 7.14 Å². The van der Waals surface area contributed by atoms with Gasteiger partial charge in [0.2, 0.25) is 0 Å². The molecule has 5 rings (SSSR count). The summed E-state index contributed by atoms with van der Waals surface area (Å²) in [5.41, 5.74) is 1.17. The fourth-order valence-electron chi connectivity index (χ4n) is 5.55. The van der Waals surface area contributed by atoms with E-state index in [1.807, 2.05) is 11.8 Å². The summed E-state index contributed by atoms with van der Waals surface area (Å²) in [5, 5.41) is 0.545. The fourth-order valence-corrected chi connectivity index (χ4v) is 10.7. The van der Waals surface area contributed by atoms with Crippen molar-refractivity contribution < 1.29 is 0 Å². The van der Waals surface area contributed by atoms with Gasteiger partial charge in [0, 0.05) is 16.7 Å². The largest absolute Gasteiger partial charge is 0.305 e. The number of hydrogen-bond acceptors (Lipinski definition) is 1. The zero-order chi connectivity index (χ0) is 14.5. The molecule has 0 aromatic heterocycles. The molecule has 4 aliphatic rings. The quantitative estimate of drug-likeness (QED) is 0.405. The van der Waals surface area contributed by atoms with Crippen LogP contribution in [0, 0.1) is 17.8 Å². The lowest BCUT2D eigenvalue weighted by Gasteiger charge is -2.63. The van der Waals surface area contributed by atoms with Crippen LogP contribution in [0.1, 0.15) is 38.5 Å². The van der Waals surface area contributed by atoms with Gasteiger partial charge >= 0.3 is 0 Å². The van der Waals surface area contributed by atoms with Gasteiger partial charge in [-0.1, -0.05) is 30.0 Å². The van der Waals surface area contributed by atoms with Crippen molar-refractivity contribution in [2.24, 2.45) is 17.8 Å². The maximum atomic E-state index is 7.05. The van der Waals surface area contributed by atoms with Crippen LogP contribution in [-0.2, 0) is 0 Å². The lowest BCUT2D eigenvalue weighted by Crippen LogP contribution is -2.51. The van der Waals surface area contributed by atoms with Crippen LogP contribution in [0.25, 0.3) is 0 Å². The minimum atomic E-state index is -1.34. The molecule has 0 amide bonds. The Morgan fingerprint density at radius 1 is 1.05 bits per heavy atom. The number of thioether (sulfide) groups is 1. The smallest absolute Gasteiger partial charge is 0.0614 e. The minimum absolute atomic E-state index is 0.545. The SMILES string of the molecule is [B-][P+](C)(CSc1ccccc1)C12CC3CC(CC(C3)C1)C2. The molecule has 0 heterocycles. The summed E-state index contributed by atoms with van der Waals surface area (Å²) in [4.78, 5) is 1.39. The first kappa shape index (κ1) is 14.6. The van der Waals surface area contributed by atoms with Gasteiger partial charge in [0.15, 0.2) is 0 Å². The van der Waals surface area contributed by atoms with Crippen molar-refractivity contribution in [1.29, 1.82) is 0 Å². The van der Waals surface area contributed by atoms with E-state index in [2.05, 4.69) is 37.0 Å². The van der Waals surface area contributed by atoms with E-state index in [9.17, 15) is 0 Å². The predicted molar refractivity (Wildman–Crippen MR) is 96.7 cm³/mol. The molecule has 0 saturated heterocycles. The molecule has 1 aromatic rings. The standard InChI is InChI=1S/C18H25BPS/c1-20(19,13-21-17-5-3-2-4-6-17)18-10-14-7-15(11-18)9-16(8-14)12-18/h2-6,14-16H,7-13H2,1H3. The van der Waals surface area contributed by atoms with Crippen LogP contribution in [-0.4, -0.2) is 24.9 Å². The zero-order valence-corrected chi connectivity index (χ0v) is 14.7. The monoisotopic (exact) mass is 315 g/mol. The van der Waals surface area contributed by atoms with Crippen LogP contribution < -0.4 is 0 Å². The van der Waals surface area contributed by atoms with Gasteiger partial charge in [0.25, 0.3) is 0 Å². The molecule has 21 heavy (non-hydrogen) atoms. The van der Waals surface area contributed by atoms with Gasteiger partial charge < -0.3 is 7.57 Å². The molecule has 3 radical (unpaired) electrons. The molecule has 4 aliphatic carbocycles. The molecular formula is C18H25BPS. The van der Waals surface area contributed by atoms with Crippen molar-refractivity contribution in [2.45, 2.75) is 48.6 Å². The minimum Gasteiger partial charge on any atom is -0.305 e. The molecule has 0 spiro atoms. The van der Waals surface area contributed by atoms with Gasteiger partial charge in [-0.3, -0.25) is 0 Å². The first-order valence-corrected chi connectivity index (χ1v) is 11.9. The first-order chi connectivity index (χ1) is 10.1. The highest BCUT2D eigenvalue weighted by atomic mass is 32.2. The van der Waals surface area contributed by atoms with E-state index >= 15 is 0 Å². The van der Waals surface area contributed by atoms with E-state index in [-0.39, 0.29) is 0 Å². The molecule has 4 saturated carbocycles. The second-order valence-corrected chi connectivity index (χ2v) is 13.3. The summed E-state index contributed by atoms with van der Waals surface area (Å²) in [6.45, 7) is 2.45. The molecule has 1 aromatic carbocycles. The van der Waals surface area contributed by atoms with Crippen LogP contribution >= 0.6 is 18.9 Å². The van der Waals surface area contributed by atoms with Crippen LogP contribution in [0.15, 0.2) is 35.2 Å². The lowest BCUT2D eigenvalue weighted by molar-refractivity contribution is 0.0353. The van der Waals surface area contributed by atoms with Crippen LogP contribution in [0.5, 0.6) is 0 Å². The fraction of sp³-hybridized carbons (Fsp3) is 0.667. The zero-order valence-electron chi connectivity index (χ0n) is 13.0. The molecule has 3 heteroatoms. The van der Waals surface area contributed by atoms with Crippen LogP contribution in [0.2, 0.25) is 0 Å². The van der Waals surface area contributed by atoms with Crippen molar-refractivity contribution >= 4 is 26.5 Å².